The maximum atomic E-state index is 13.3. The predicted molar refractivity (Wildman–Crippen MR) is 90.9 cm³/mol. The van der Waals surface area contributed by atoms with Crippen LogP contribution >= 0.6 is 0 Å². The van der Waals surface area contributed by atoms with E-state index in [1.165, 1.54) is 12.1 Å². The molecule has 0 aliphatic rings. The number of hydrogen-bond donors (Lipinski definition) is 1. The first kappa shape index (κ1) is 17.7. The molecular weight excluding hydrogens is 309 g/mol. The maximum absolute atomic E-state index is 13.3. The molecule has 4 nitrogen and oxygen atoms in total. The Balaban J connectivity index is 2.02. The quantitative estimate of drug-likeness (QED) is 0.836. The van der Waals surface area contributed by atoms with Gasteiger partial charge < -0.3 is 4.74 Å². The average Bonchev–Trinajstić information content (AvgIpc) is 2.49. The van der Waals surface area contributed by atoms with Crippen LogP contribution in [0.4, 0.5) is 14.9 Å². The number of anilines is 1. The monoisotopic (exact) mass is 329 g/mol. The Morgan fingerprint density at radius 1 is 1.12 bits per heavy atom. The molecule has 0 heterocycles. The summed E-state index contributed by atoms with van der Waals surface area (Å²) in [5.41, 5.74) is 1.94. The van der Waals surface area contributed by atoms with E-state index in [1.54, 1.807) is 39.0 Å². The molecule has 2 rings (SSSR count). The van der Waals surface area contributed by atoms with Gasteiger partial charge in [0.25, 0.3) is 0 Å². The summed E-state index contributed by atoms with van der Waals surface area (Å²) in [6, 6.07) is 11.7. The van der Waals surface area contributed by atoms with Crippen LogP contribution in [0.1, 0.15) is 42.3 Å². The molecule has 5 heteroatoms. The highest BCUT2D eigenvalue weighted by Crippen LogP contribution is 2.17. The number of nitrogens with one attached hydrogen (secondary N) is 1. The Hall–Kier alpha value is -2.69. The summed E-state index contributed by atoms with van der Waals surface area (Å²) in [5.74, 6) is -0.523. The molecule has 1 amide bonds. The van der Waals surface area contributed by atoms with E-state index in [0.29, 0.717) is 18.4 Å². The smallest absolute Gasteiger partial charge is 0.412 e. The molecule has 0 bridgehead atoms. The van der Waals surface area contributed by atoms with Crippen LogP contribution in [-0.2, 0) is 11.2 Å². The number of rotatable bonds is 4. The predicted octanol–water partition coefficient (Wildman–Crippen LogP) is 4.58. The topological polar surface area (TPSA) is 55.4 Å². The third kappa shape index (κ3) is 5.19. The number of hydrogen-bond acceptors (Lipinski definition) is 3. The third-order valence-corrected chi connectivity index (χ3v) is 3.19. The van der Waals surface area contributed by atoms with Crippen molar-refractivity contribution in [3.63, 3.8) is 0 Å². The minimum atomic E-state index is -0.553. The lowest BCUT2D eigenvalue weighted by atomic mass is 10.0. The Morgan fingerprint density at radius 2 is 1.75 bits per heavy atom. The fraction of sp³-hybridized carbons (Fsp3) is 0.263. The minimum absolute atomic E-state index is 0.0516. The maximum Gasteiger partial charge on any atom is 0.412 e. The second-order valence-corrected chi connectivity index (χ2v) is 6.47. The van der Waals surface area contributed by atoms with Crippen molar-refractivity contribution >= 4 is 18.1 Å². The largest absolute Gasteiger partial charge is 0.444 e. The zero-order chi connectivity index (χ0) is 17.7. The third-order valence-electron chi connectivity index (χ3n) is 3.19. The minimum Gasteiger partial charge on any atom is -0.444 e. The molecule has 0 unspecified atom stereocenters. The van der Waals surface area contributed by atoms with Crippen molar-refractivity contribution in [2.75, 3.05) is 5.32 Å². The lowest BCUT2D eigenvalue weighted by molar-refractivity contribution is 0.0636. The van der Waals surface area contributed by atoms with Crippen LogP contribution in [0.2, 0.25) is 0 Å². The number of carbonyl (C=O) groups excluding carboxylic acids is 2. The van der Waals surface area contributed by atoms with Gasteiger partial charge in [0.15, 0.2) is 6.29 Å². The van der Waals surface area contributed by atoms with Crippen LogP contribution in [0.3, 0.4) is 0 Å². The van der Waals surface area contributed by atoms with Crippen LogP contribution in [0.25, 0.3) is 0 Å². The number of carbonyl (C=O) groups is 2. The van der Waals surface area contributed by atoms with Crippen LogP contribution in [-0.4, -0.2) is 18.0 Å². The molecule has 0 aliphatic heterocycles. The summed E-state index contributed by atoms with van der Waals surface area (Å²) >= 11 is 0. The Bertz CT molecular complexity index is 733. The molecule has 0 fully saturated rings. The summed E-state index contributed by atoms with van der Waals surface area (Å²) < 4.78 is 18.5. The summed E-state index contributed by atoms with van der Waals surface area (Å²) in [4.78, 5) is 22.5. The molecule has 2 aromatic carbocycles. The zero-order valence-corrected chi connectivity index (χ0v) is 13.9. The molecular formula is C19H20FNO3. The molecule has 0 radical (unpaired) electrons. The van der Waals surface area contributed by atoms with Gasteiger partial charge in [0, 0.05) is 5.69 Å². The van der Waals surface area contributed by atoms with E-state index in [0.717, 1.165) is 11.1 Å². The van der Waals surface area contributed by atoms with Crippen molar-refractivity contribution in [1.82, 2.24) is 0 Å². The van der Waals surface area contributed by atoms with E-state index in [4.69, 9.17) is 4.74 Å². The van der Waals surface area contributed by atoms with Gasteiger partial charge in [0.1, 0.15) is 11.4 Å². The standard InChI is InChI=1S/C19H20FNO3/c1-19(2,3)24-18(23)21-16-7-4-13(5-8-16)10-14-6-9-17(20)15(11-14)12-22/h4-9,11-12H,10H2,1-3H3,(H,21,23). The van der Waals surface area contributed by atoms with Crippen LogP contribution in [0, 0.1) is 5.82 Å². The first-order valence-electron chi connectivity index (χ1n) is 7.59. The van der Waals surface area contributed by atoms with Gasteiger partial charge in [-0.1, -0.05) is 18.2 Å². The number of ether oxygens (including phenoxy) is 1. The van der Waals surface area contributed by atoms with Crippen LogP contribution in [0.15, 0.2) is 42.5 Å². The Morgan fingerprint density at radius 3 is 2.33 bits per heavy atom. The second kappa shape index (κ2) is 7.25. The van der Waals surface area contributed by atoms with Crippen molar-refractivity contribution in [1.29, 1.82) is 0 Å². The first-order valence-corrected chi connectivity index (χ1v) is 7.59. The molecule has 0 spiro atoms. The number of amides is 1. The first-order chi connectivity index (χ1) is 11.3. The van der Waals surface area contributed by atoms with Crippen molar-refractivity contribution in [3.05, 3.63) is 65.0 Å². The van der Waals surface area contributed by atoms with Gasteiger partial charge in [0.2, 0.25) is 0 Å². The van der Waals surface area contributed by atoms with E-state index in [1.807, 2.05) is 12.1 Å². The highest BCUT2D eigenvalue weighted by atomic mass is 19.1. The highest BCUT2D eigenvalue weighted by molar-refractivity contribution is 5.84. The lowest BCUT2D eigenvalue weighted by Crippen LogP contribution is -2.27. The van der Waals surface area contributed by atoms with Gasteiger partial charge in [-0.3, -0.25) is 10.1 Å². The average molecular weight is 329 g/mol. The molecule has 24 heavy (non-hydrogen) atoms. The summed E-state index contributed by atoms with van der Waals surface area (Å²) in [5, 5.41) is 2.66. The van der Waals surface area contributed by atoms with Crippen molar-refractivity contribution in [3.8, 4) is 0 Å². The van der Waals surface area contributed by atoms with Gasteiger partial charge in [-0.25, -0.2) is 9.18 Å². The van der Waals surface area contributed by atoms with Gasteiger partial charge in [0.05, 0.1) is 5.56 Å². The second-order valence-electron chi connectivity index (χ2n) is 6.47. The summed E-state index contributed by atoms with van der Waals surface area (Å²) in [6.45, 7) is 5.39. The Kier molecular flexibility index (Phi) is 5.34. The van der Waals surface area contributed by atoms with E-state index in [9.17, 15) is 14.0 Å². The molecule has 0 saturated carbocycles. The molecule has 0 saturated heterocycles. The van der Waals surface area contributed by atoms with Gasteiger partial charge in [-0.05, 0) is 62.6 Å². The van der Waals surface area contributed by atoms with E-state index in [-0.39, 0.29) is 5.56 Å². The number of halogens is 1. The van der Waals surface area contributed by atoms with Crippen molar-refractivity contribution < 1.29 is 18.7 Å². The fourth-order valence-corrected chi connectivity index (χ4v) is 2.16. The van der Waals surface area contributed by atoms with Crippen molar-refractivity contribution in [2.45, 2.75) is 32.8 Å². The molecule has 1 N–H and O–H groups in total. The summed E-state index contributed by atoms with van der Waals surface area (Å²) in [6.07, 6.45) is 0.560. The molecule has 0 atom stereocenters. The Labute approximate surface area is 140 Å². The summed E-state index contributed by atoms with van der Waals surface area (Å²) in [7, 11) is 0. The lowest BCUT2D eigenvalue weighted by Gasteiger charge is -2.19. The van der Waals surface area contributed by atoms with E-state index < -0.39 is 17.5 Å². The van der Waals surface area contributed by atoms with Crippen molar-refractivity contribution in [2.24, 2.45) is 0 Å². The molecule has 0 aromatic heterocycles. The highest BCUT2D eigenvalue weighted by Gasteiger charge is 2.16. The normalized spacial score (nSPS) is 11.0. The van der Waals surface area contributed by atoms with Crippen LogP contribution in [0.5, 0.6) is 0 Å². The molecule has 126 valence electrons. The SMILES string of the molecule is CC(C)(C)OC(=O)Nc1ccc(Cc2ccc(F)c(C=O)c2)cc1. The van der Waals surface area contributed by atoms with Gasteiger partial charge in [-0.2, -0.15) is 0 Å². The fourth-order valence-electron chi connectivity index (χ4n) is 2.16. The van der Waals surface area contributed by atoms with Gasteiger partial charge in [-0.15, -0.1) is 0 Å². The number of aldehydes is 1. The van der Waals surface area contributed by atoms with E-state index >= 15 is 0 Å². The number of benzene rings is 2. The molecule has 2 aromatic rings. The zero-order valence-electron chi connectivity index (χ0n) is 13.9. The van der Waals surface area contributed by atoms with Gasteiger partial charge >= 0.3 is 6.09 Å². The van der Waals surface area contributed by atoms with Crippen LogP contribution < -0.4 is 5.32 Å². The van der Waals surface area contributed by atoms with E-state index in [2.05, 4.69) is 5.32 Å². The molecule has 0 aliphatic carbocycles.